The van der Waals surface area contributed by atoms with Gasteiger partial charge in [-0.3, -0.25) is 4.79 Å². The number of carbonyl (C=O) groups excluding carboxylic acids is 1. The SMILES string of the molecule is CC.O=Cc1ccc(-c2cn(C3CCCCC3)c3nc(Cl)ncc23)c(F)c1. The molecule has 0 spiro atoms. The van der Waals surface area contributed by atoms with Crippen molar-refractivity contribution >= 4 is 28.9 Å². The van der Waals surface area contributed by atoms with E-state index in [0.29, 0.717) is 23.5 Å². The topological polar surface area (TPSA) is 47.8 Å². The van der Waals surface area contributed by atoms with Crippen LogP contribution >= 0.6 is 11.6 Å². The van der Waals surface area contributed by atoms with E-state index in [1.807, 2.05) is 20.0 Å². The molecule has 3 aromatic rings. The van der Waals surface area contributed by atoms with Crippen molar-refractivity contribution in [1.29, 1.82) is 0 Å². The first-order chi connectivity index (χ1) is 13.2. The maximum atomic E-state index is 14.5. The Morgan fingerprint density at radius 1 is 1.19 bits per heavy atom. The predicted molar refractivity (Wildman–Crippen MR) is 107 cm³/mol. The van der Waals surface area contributed by atoms with Crippen molar-refractivity contribution in [3.63, 3.8) is 0 Å². The lowest BCUT2D eigenvalue weighted by molar-refractivity contribution is 0.112. The minimum Gasteiger partial charge on any atom is -0.329 e. The van der Waals surface area contributed by atoms with Crippen LogP contribution in [0.5, 0.6) is 0 Å². The molecule has 0 radical (unpaired) electrons. The molecule has 0 N–H and O–H groups in total. The number of carbonyl (C=O) groups is 1. The van der Waals surface area contributed by atoms with Crippen LogP contribution in [0, 0.1) is 5.82 Å². The monoisotopic (exact) mass is 387 g/mol. The molecule has 0 bridgehead atoms. The van der Waals surface area contributed by atoms with Crippen LogP contribution in [0.3, 0.4) is 0 Å². The summed E-state index contributed by atoms with van der Waals surface area (Å²) in [6.45, 7) is 4.00. The number of aromatic nitrogens is 3. The van der Waals surface area contributed by atoms with Gasteiger partial charge in [-0.25, -0.2) is 9.37 Å². The van der Waals surface area contributed by atoms with Crippen LogP contribution in [0.4, 0.5) is 4.39 Å². The van der Waals surface area contributed by atoms with Crippen LogP contribution in [0.15, 0.2) is 30.6 Å². The van der Waals surface area contributed by atoms with Gasteiger partial charge in [-0.2, -0.15) is 4.98 Å². The number of benzene rings is 1. The molecule has 1 aliphatic carbocycles. The zero-order chi connectivity index (χ0) is 19.4. The van der Waals surface area contributed by atoms with E-state index in [0.717, 1.165) is 29.4 Å². The first-order valence-corrected chi connectivity index (χ1v) is 9.83. The lowest BCUT2D eigenvalue weighted by Crippen LogP contribution is -2.12. The van der Waals surface area contributed by atoms with E-state index >= 15 is 0 Å². The van der Waals surface area contributed by atoms with E-state index in [2.05, 4.69) is 14.5 Å². The molecule has 2 aromatic heterocycles. The van der Waals surface area contributed by atoms with Gasteiger partial charge in [0, 0.05) is 40.5 Å². The summed E-state index contributed by atoms with van der Waals surface area (Å²) in [6, 6.07) is 4.84. The van der Waals surface area contributed by atoms with E-state index in [4.69, 9.17) is 11.6 Å². The molecule has 0 atom stereocenters. The highest BCUT2D eigenvalue weighted by Gasteiger charge is 2.22. The van der Waals surface area contributed by atoms with Crippen molar-refractivity contribution in [2.24, 2.45) is 0 Å². The van der Waals surface area contributed by atoms with Crippen molar-refractivity contribution in [2.75, 3.05) is 0 Å². The molecule has 0 amide bonds. The minimum absolute atomic E-state index is 0.186. The van der Waals surface area contributed by atoms with Gasteiger partial charge in [0.2, 0.25) is 5.28 Å². The third-order valence-corrected chi connectivity index (χ3v) is 5.11. The number of rotatable bonds is 3. The van der Waals surface area contributed by atoms with Gasteiger partial charge < -0.3 is 4.57 Å². The Balaban J connectivity index is 0.00000102. The van der Waals surface area contributed by atoms with Crippen LogP contribution in [-0.4, -0.2) is 20.8 Å². The van der Waals surface area contributed by atoms with E-state index in [9.17, 15) is 9.18 Å². The average molecular weight is 388 g/mol. The third kappa shape index (κ3) is 3.88. The predicted octanol–water partition coefficient (Wildman–Crippen LogP) is 6.23. The highest BCUT2D eigenvalue weighted by molar-refractivity contribution is 6.28. The Bertz CT molecular complexity index is 948. The van der Waals surface area contributed by atoms with Gasteiger partial charge >= 0.3 is 0 Å². The standard InChI is InChI=1S/C19H17ClFN3O.C2H6/c20-19-22-9-15-16(14-7-6-12(11-25)8-17(14)21)10-24(18(15)23-19)13-4-2-1-3-5-13;1-2/h6-11,13H,1-5H2;1-2H3. The zero-order valence-corrected chi connectivity index (χ0v) is 16.3. The van der Waals surface area contributed by atoms with Crippen LogP contribution in [-0.2, 0) is 0 Å². The Morgan fingerprint density at radius 3 is 2.59 bits per heavy atom. The van der Waals surface area contributed by atoms with Crippen molar-refractivity contribution in [2.45, 2.75) is 52.0 Å². The molecule has 4 nitrogen and oxygen atoms in total. The Morgan fingerprint density at radius 2 is 1.93 bits per heavy atom. The third-order valence-electron chi connectivity index (χ3n) is 4.93. The zero-order valence-electron chi connectivity index (χ0n) is 15.6. The van der Waals surface area contributed by atoms with Gasteiger partial charge in [-0.15, -0.1) is 0 Å². The summed E-state index contributed by atoms with van der Waals surface area (Å²) < 4.78 is 16.7. The van der Waals surface area contributed by atoms with Crippen LogP contribution in [0.25, 0.3) is 22.2 Å². The second-order valence-corrected chi connectivity index (χ2v) is 6.81. The maximum Gasteiger partial charge on any atom is 0.224 e. The fraction of sp³-hybridized carbons (Fsp3) is 0.381. The Labute approximate surface area is 163 Å². The lowest BCUT2D eigenvalue weighted by atomic mass is 9.95. The molecule has 1 aromatic carbocycles. The summed E-state index contributed by atoms with van der Waals surface area (Å²) in [5.74, 6) is -0.428. The lowest BCUT2D eigenvalue weighted by Gasteiger charge is -2.23. The van der Waals surface area contributed by atoms with Crippen molar-refractivity contribution in [1.82, 2.24) is 14.5 Å². The molecule has 1 saturated carbocycles. The fourth-order valence-electron chi connectivity index (χ4n) is 3.68. The van der Waals surface area contributed by atoms with E-state index in [1.54, 1.807) is 18.3 Å². The highest BCUT2D eigenvalue weighted by Crippen LogP contribution is 2.37. The maximum absolute atomic E-state index is 14.5. The molecule has 27 heavy (non-hydrogen) atoms. The van der Waals surface area contributed by atoms with Crippen molar-refractivity contribution in [3.05, 3.63) is 47.3 Å². The molecule has 1 aliphatic rings. The van der Waals surface area contributed by atoms with Crippen LogP contribution in [0.1, 0.15) is 62.4 Å². The van der Waals surface area contributed by atoms with Gasteiger partial charge in [-0.1, -0.05) is 45.2 Å². The van der Waals surface area contributed by atoms with Crippen LogP contribution in [0.2, 0.25) is 5.28 Å². The number of fused-ring (bicyclic) bond motifs is 1. The van der Waals surface area contributed by atoms with E-state index in [1.165, 1.54) is 25.3 Å². The summed E-state index contributed by atoms with van der Waals surface area (Å²) in [4.78, 5) is 19.3. The number of nitrogens with zero attached hydrogens (tertiary/aromatic N) is 3. The summed E-state index contributed by atoms with van der Waals surface area (Å²) >= 11 is 6.01. The second kappa shape index (κ2) is 8.61. The quantitative estimate of drug-likeness (QED) is 0.395. The van der Waals surface area contributed by atoms with Crippen molar-refractivity contribution < 1.29 is 9.18 Å². The number of aldehydes is 1. The second-order valence-electron chi connectivity index (χ2n) is 6.48. The Hall–Kier alpha value is -2.27. The van der Waals surface area contributed by atoms with Crippen molar-refractivity contribution in [3.8, 4) is 11.1 Å². The van der Waals surface area contributed by atoms with Gasteiger partial charge in [0.15, 0.2) is 0 Å². The molecule has 4 rings (SSSR count). The largest absolute Gasteiger partial charge is 0.329 e. The number of hydrogen-bond donors (Lipinski definition) is 0. The van der Waals surface area contributed by atoms with Crippen LogP contribution < -0.4 is 0 Å². The average Bonchev–Trinajstić information content (AvgIpc) is 3.08. The molecular weight excluding hydrogens is 365 g/mol. The minimum atomic E-state index is -0.428. The molecule has 6 heteroatoms. The smallest absolute Gasteiger partial charge is 0.224 e. The molecule has 0 saturated heterocycles. The molecular formula is C21H23ClFN3O. The molecule has 0 aliphatic heterocycles. The van der Waals surface area contributed by atoms with Gasteiger partial charge in [0.1, 0.15) is 17.8 Å². The number of halogens is 2. The summed E-state index contributed by atoms with van der Waals surface area (Å²) in [5.41, 5.74) is 2.22. The van der Waals surface area contributed by atoms with Gasteiger partial charge in [-0.05, 0) is 30.5 Å². The van der Waals surface area contributed by atoms with Gasteiger partial charge in [0.05, 0.1) is 0 Å². The van der Waals surface area contributed by atoms with E-state index in [-0.39, 0.29) is 5.28 Å². The summed E-state index contributed by atoms with van der Waals surface area (Å²) in [5, 5.41) is 0.957. The normalized spacial score (nSPS) is 14.7. The fourth-order valence-corrected chi connectivity index (χ4v) is 3.81. The highest BCUT2D eigenvalue weighted by atomic mass is 35.5. The first kappa shape index (κ1) is 19.5. The molecule has 142 valence electrons. The summed E-state index contributed by atoms with van der Waals surface area (Å²) in [6.07, 6.45) is 10.0. The van der Waals surface area contributed by atoms with E-state index < -0.39 is 5.82 Å². The molecule has 2 heterocycles. The number of hydrogen-bond acceptors (Lipinski definition) is 3. The molecule has 0 unspecified atom stereocenters. The summed E-state index contributed by atoms with van der Waals surface area (Å²) in [7, 11) is 0. The molecule has 1 fully saturated rings. The van der Waals surface area contributed by atoms with Gasteiger partial charge in [0.25, 0.3) is 0 Å². The first-order valence-electron chi connectivity index (χ1n) is 9.45. The Kier molecular flexibility index (Phi) is 6.22.